The molecule has 0 fully saturated rings. The lowest BCUT2D eigenvalue weighted by Gasteiger charge is -2.22. The molecule has 0 spiro atoms. The molecule has 3 heteroatoms. The molecule has 106 valence electrons. The van der Waals surface area contributed by atoms with E-state index in [0.717, 1.165) is 18.7 Å². The van der Waals surface area contributed by atoms with Crippen LogP contribution in [-0.2, 0) is 4.79 Å². The normalized spacial score (nSPS) is 10.8. The summed E-state index contributed by atoms with van der Waals surface area (Å²) in [5, 5.41) is 3.22. The highest BCUT2D eigenvalue weighted by Crippen LogP contribution is 2.15. The second-order valence-electron chi connectivity index (χ2n) is 5.34. The van der Waals surface area contributed by atoms with E-state index in [9.17, 15) is 4.79 Å². The molecule has 0 aliphatic carbocycles. The van der Waals surface area contributed by atoms with Gasteiger partial charge >= 0.3 is 0 Å². The van der Waals surface area contributed by atoms with Gasteiger partial charge < -0.3 is 10.2 Å². The predicted octanol–water partition coefficient (Wildman–Crippen LogP) is 2.98. The Labute approximate surface area is 117 Å². The molecule has 1 aromatic carbocycles. The van der Waals surface area contributed by atoms with Crippen LogP contribution in [0.15, 0.2) is 24.3 Å². The second kappa shape index (κ2) is 7.95. The quantitative estimate of drug-likeness (QED) is 0.766. The Kier molecular flexibility index (Phi) is 6.57. The van der Waals surface area contributed by atoms with Crippen molar-refractivity contribution in [3.8, 4) is 0 Å². The zero-order valence-electron chi connectivity index (χ0n) is 12.6. The van der Waals surface area contributed by atoms with Gasteiger partial charge in [-0.15, -0.1) is 0 Å². The van der Waals surface area contributed by atoms with Crippen molar-refractivity contribution in [3.05, 3.63) is 29.8 Å². The highest BCUT2D eigenvalue weighted by molar-refractivity contribution is 5.94. The Morgan fingerprint density at radius 1 is 1.37 bits per heavy atom. The second-order valence-corrected chi connectivity index (χ2v) is 5.34. The zero-order valence-corrected chi connectivity index (χ0v) is 12.6. The maximum Gasteiger partial charge on any atom is 0.240 e. The maximum atomic E-state index is 12.2. The van der Waals surface area contributed by atoms with Crippen LogP contribution < -0.4 is 10.2 Å². The van der Waals surface area contributed by atoms with Crippen LogP contribution in [0.25, 0.3) is 0 Å². The number of nitrogens with one attached hydrogen (secondary N) is 1. The van der Waals surface area contributed by atoms with Crippen LogP contribution in [0.4, 0.5) is 5.69 Å². The molecule has 0 aromatic heterocycles. The molecular weight excluding hydrogens is 236 g/mol. The molecule has 0 aliphatic heterocycles. The summed E-state index contributed by atoms with van der Waals surface area (Å²) in [7, 11) is 0. The number of hydrogen-bond donors (Lipinski definition) is 1. The van der Waals surface area contributed by atoms with E-state index in [4.69, 9.17) is 0 Å². The lowest BCUT2D eigenvalue weighted by molar-refractivity contribution is -0.117. The van der Waals surface area contributed by atoms with Gasteiger partial charge in [-0.1, -0.05) is 26.0 Å². The largest absolute Gasteiger partial charge is 0.312 e. The molecule has 0 heterocycles. The third-order valence-corrected chi connectivity index (χ3v) is 3.11. The van der Waals surface area contributed by atoms with Crippen LogP contribution in [0.2, 0.25) is 0 Å². The minimum atomic E-state index is 0.136. The van der Waals surface area contributed by atoms with Crippen LogP contribution in [0.1, 0.15) is 32.8 Å². The van der Waals surface area contributed by atoms with E-state index in [2.05, 4.69) is 25.2 Å². The molecule has 0 atom stereocenters. The van der Waals surface area contributed by atoms with Gasteiger partial charge in [0.1, 0.15) is 0 Å². The van der Waals surface area contributed by atoms with Crippen molar-refractivity contribution in [3.63, 3.8) is 0 Å². The highest BCUT2D eigenvalue weighted by Gasteiger charge is 2.13. The Morgan fingerprint density at radius 3 is 2.68 bits per heavy atom. The van der Waals surface area contributed by atoms with E-state index in [0.29, 0.717) is 19.0 Å². The zero-order chi connectivity index (χ0) is 14.3. The number of nitrogens with zero attached hydrogens (tertiary/aromatic N) is 1. The van der Waals surface area contributed by atoms with E-state index in [-0.39, 0.29) is 5.91 Å². The Morgan fingerprint density at radius 2 is 2.11 bits per heavy atom. The number of amides is 1. The summed E-state index contributed by atoms with van der Waals surface area (Å²) in [5.41, 5.74) is 2.16. The summed E-state index contributed by atoms with van der Waals surface area (Å²) in [6.07, 6.45) is 1.10. The molecule has 1 amide bonds. The maximum absolute atomic E-state index is 12.2. The third kappa shape index (κ3) is 5.43. The summed E-state index contributed by atoms with van der Waals surface area (Å²) in [6, 6.07) is 8.08. The minimum Gasteiger partial charge on any atom is -0.312 e. The van der Waals surface area contributed by atoms with Crippen molar-refractivity contribution in [1.29, 1.82) is 0 Å². The average molecular weight is 262 g/mol. The molecule has 0 saturated carbocycles. The molecule has 1 aromatic rings. The van der Waals surface area contributed by atoms with E-state index in [1.165, 1.54) is 5.56 Å². The van der Waals surface area contributed by atoms with Gasteiger partial charge in [-0.3, -0.25) is 4.79 Å². The van der Waals surface area contributed by atoms with Crippen LogP contribution in [0.3, 0.4) is 0 Å². The number of likely N-dealkylation sites (N-methyl/N-ethyl adjacent to an activating group) is 1. The summed E-state index contributed by atoms with van der Waals surface area (Å²) in [4.78, 5) is 14.0. The van der Waals surface area contributed by atoms with Gasteiger partial charge in [-0.2, -0.15) is 0 Å². The number of aryl methyl sites for hydroxylation is 1. The molecule has 1 N–H and O–H groups in total. The number of hydrogen-bond acceptors (Lipinski definition) is 2. The fourth-order valence-corrected chi connectivity index (χ4v) is 1.98. The number of carbonyl (C=O) groups is 1. The van der Waals surface area contributed by atoms with E-state index in [1.807, 2.05) is 36.9 Å². The first-order valence-corrected chi connectivity index (χ1v) is 7.12. The van der Waals surface area contributed by atoms with E-state index >= 15 is 0 Å². The Hall–Kier alpha value is -1.35. The number of carbonyl (C=O) groups excluding carboxylic acids is 1. The molecule has 1 rings (SSSR count). The SMILES string of the molecule is CCN(C(=O)CNCCC(C)C)c1cccc(C)c1. The van der Waals surface area contributed by atoms with Crippen LogP contribution in [0, 0.1) is 12.8 Å². The van der Waals surface area contributed by atoms with Crippen molar-refractivity contribution < 1.29 is 4.79 Å². The lowest BCUT2D eigenvalue weighted by Crippen LogP contribution is -2.38. The fourth-order valence-electron chi connectivity index (χ4n) is 1.98. The van der Waals surface area contributed by atoms with Crippen molar-refractivity contribution >= 4 is 11.6 Å². The third-order valence-electron chi connectivity index (χ3n) is 3.11. The summed E-state index contributed by atoms with van der Waals surface area (Å²) < 4.78 is 0. The highest BCUT2D eigenvalue weighted by atomic mass is 16.2. The Balaban J connectivity index is 2.52. The summed E-state index contributed by atoms with van der Waals surface area (Å²) >= 11 is 0. The molecule has 0 bridgehead atoms. The van der Waals surface area contributed by atoms with Gasteiger partial charge in [0.2, 0.25) is 5.91 Å². The lowest BCUT2D eigenvalue weighted by atomic mass is 10.1. The van der Waals surface area contributed by atoms with Gasteiger partial charge in [-0.25, -0.2) is 0 Å². The monoisotopic (exact) mass is 262 g/mol. The predicted molar refractivity (Wildman–Crippen MR) is 81.5 cm³/mol. The topological polar surface area (TPSA) is 32.3 Å². The van der Waals surface area contributed by atoms with E-state index in [1.54, 1.807) is 0 Å². The molecule has 0 aliphatic rings. The first kappa shape index (κ1) is 15.7. The molecular formula is C16H26N2O. The first-order valence-electron chi connectivity index (χ1n) is 7.12. The minimum absolute atomic E-state index is 0.136. The van der Waals surface area contributed by atoms with E-state index < -0.39 is 0 Å². The molecule has 0 radical (unpaired) electrons. The van der Waals surface area contributed by atoms with Crippen LogP contribution in [0.5, 0.6) is 0 Å². The number of benzene rings is 1. The smallest absolute Gasteiger partial charge is 0.240 e. The van der Waals surface area contributed by atoms with Crippen LogP contribution in [-0.4, -0.2) is 25.5 Å². The first-order chi connectivity index (χ1) is 9.04. The average Bonchev–Trinajstić information content (AvgIpc) is 2.35. The van der Waals surface area contributed by atoms with Crippen molar-refractivity contribution in [1.82, 2.24) is 5.32 Å². The van der Waals surface area contributed by atoms with Crippen molar-refractivity contribution in [2.24, 2.45) is 5.92 Å². The Bertz CT molecular complexity index is 401. The van der Waals surface area contributed by atoms with Gasteiger partial charge in [-0.05, 0) is 50.4 Å². The molecule has 3 nitrogen and oxygen atoms in total. The van der Waals surface area contributed by atoms with Crippen LogP contribution >= 0.6 is 0 Å². The van der Waals surface area contributed by atoms with Gasteiger partial charge in [0.05, 0.1) is 6.54 Å². The van der Waals surface area contributed by atoms with Gasteiger partial charge in [0.25, 0.3) is 0 Å². The summed E-state index contributed by atoms with van der Waals surface area (Å²) in [5.74, 6) is 0.804. The van der Waals surface area contributed by atoms with Gasteiger partial charge in [0.15, 0.2) is 0 Å². The number of rotatable bonds is 7. The fraction of sp³-hybridized carbons (Fsp3) is 0.562. The van der Waals surface area contributed by atoms with Crippen molar-refractivity contribution in [2.45, 2.75) is 34.1 Å². The standard InChI is InChI=1S/C16H26N2O/c1-5-18(15-8-6-7-14(4)11-15)16(19)12-17-10-9-13(2)3/h6-8,11,13,17H,5,9-10,12H2,1-4H3. The molecule has 19 heavy (non-hydrogen) atoms. The number of anilines is 1. The molecule has 0 unspecified atom stereocenters. The summed E-state index contributed by atoms with van der Waals surface area (Å²) in [6.45, 7) is 10.4. The van der Waals surface area contributed by atoms with Gasteiger partial charge in [0, 0.05) is 12.2 Å². The molecule has 0 saturated heterocycles. The van der Waals surface area contributed by atoms with Crippen molar-refractivity contribution in [2.75, 3.05) is 24.5 Å².